The molecule has 0 saturated carbocycles. The van der Waals surface area contributed by atoms with Crippen LogP contribution in [0.25, 0.3) is 0 Å². The molecule has 1 rings (SSSR count). The highest BCUT2D eigenvalue weighted by Gasteiger charge is 2.34. The van der Waals surface area contributed by atoms with Crippen molar-refractivity contribution in [1.82, 2.24) is 0 Å². The number of rotatable bonds is 1. The molecule has 0 radical (unpaired) electrons. The summed E-state index contributed by atoms with van der Waals surface area (Å²) in [6.45, 7) is 5.99. The lowest BCUT2D eigenvalue weighted by Crippen LogP contribution is -2.27. The fourth-order valence-corrected chi connectivity index (χ4v) is 0.968. The van der Waals surface area contributed by atoms with E-state index in [0.717, 1.165) is 0 Å². The Balaban J connectivity index is 2.59. The molecule has 68 valence electrons. The van der Waals surface area contributed by atoms with Gasteiger partial charge in [-0.3, -0.25) is 0 Å². The molecule has 4 nitrogen and oxygen atoms in total. The van der Waals surface area contributed by atoms with Crippen molar-refractivity contribution in [3.63, 3.8) is 0 Å². The van der Waals surface area contributed by atoms with Crippen molar-refractivity contribution in [2.45, 2.75) is 33.3 Å². The zero-order valence-electron chi connectivity index (χ0n) is 7.50. The van der Waals surface area contributed by atoms with Crippen LogP contribution in [0.3, 0.4) is 0 Å². The number of hydrogen-bond acceptors (Lipinski definition) is 3. The molecule has 0 aromatic heterocycles. The van der Waals surface area contributed by atoms with Gasteiger partial charge in [0.1, 0.15) is 6.10 Å². The molecule has 0 aromatic rings. The maximum absolute atomic E-state index is 10.5. The molecule has 0 aliphatic carbocycles. The molecule has 0 spiro atoms. The number of hydrogen-bond donors (Lipinski definition) is 1. The summed E-state index contributed by atoms with van der Waals surface area (Å²) < 4.78 is 0. The van der Waals surface area contributed by atoms with Crippen molar-refractivity contribution < 1.29 is 14.7 Å². The van der Waals surface area contributed by atoms with Gasteiger partial charge < -0.3 is 9.94 Å². The van der Waals surface area contributed by atoms with E-state index in [9.17, 15) is 4.79 Å². The van der Waals surface area contributed by atoms with Gasteiger partial charge in [0.25, 0.3) is 0 Å². The molecule has 0 saturated heterocycles. The molecule has 1 heterocycles. The molecule has 1 atom stereocenters. The van der Waals surface area contributed by atoms with Crippen LogP contribution in [-0.4, -0.2) is 22.9 Å². The summed E-state index contributed by atoms with van der Waals surface area (Å²) in [6, 6.07) is 0. The Kier molecular flexibility index (Phi) is 2.08. The third-order valence-electron chi connectivity index (χ3n) is 1.88. The molecule has 0 bridgehead atoms. The standard InChI is InChI=1S/C8H13NO3/c1-8(2,3)6-4-5(7(10)11)9-12-6/h6H,4H2,1-3H3,(H,10,11). The Morgan fingerprint density at radius 1 is 1.67 bits per heavy atom. The summed E-state index contributed by atoms with van der Waals surface area (Å²) in [7, 11) is 0. The first-order valence-corrected chi connectivity index (χ1v) is 3.87. The first-order valence-electron chi connectivity index (χ1n) is 3.87. The number of carboxylic acids is 1. The first kappa shape index (κ1) is 9.03. The third-order valence-corrected chi connectivity index (χ3v) is 1.88. The Bertz CT molecular complexity index is 227. The number of oxime groups is 1. The summed E-state index contributed by atoms with van der Waals surface area (Å²) in [5.41, 5.74) is 0.0654. The molecular formula is C8H13NO3. The largest absolute Gasteiger partial charge is 0.477 e. The zero-order chi connectivity index (χ0) is 9.35. The first-order chi connectivity index (χ1) is 5.41. The molecule has 4 heteroatoms. The van der Waals surface area contributed by atoms with Gasteiger partial charge in [-0.15, -0.1) is 0 Å². The molecule has 1 aliphatic rings. The van der Waals surface area contributed by atoms with Crippen LogP contribution < -0.4 is 0 Å². The van der Waals surface area contributed by atoms with Crippen LogP contribution >= 0.6 is 0 Å². The number of nitrogens with zero attached hydrogens (tertiary/aromatic N) is 1. The Hall–Kier alpha value is -1.06. The second-order valence-electron chi connectivity index (χ2n) is 4.01. The van der Waals surface area contributed by atoms with Gasteiger partial charge in [0.15, 0.2) is 5.71 Å². The van der Waals surface area contributed by atoms with Gasteiger partial charge >= 0.3 is 5.97 Å². The lowest BCUT2D eigenvalue weighted by Gasteiger charge is -2.23. The molecule has 0 fully saturated rings. The topological polar surface area (TPSA) is 58.9 Å². The second-order valence-corrected chi connectivity index (χ2v) is 4.01. The highest BCUT2D eigenvalue weighted by atomic mass is 16.6. The normalized spacial score (nSPS) is 23.2. The van der Waals surface area contributed by atoms with Gasteiger partial charge in [0.2, 0.25) is 0 Å². The van der Waals surface area contributed by atoms with Crippen molar-refractivity contribution in [3.8, 4) is 0 Å². The van der Waals surface area contributed by atoms with Crippen LogP contribution in [0.4, 0.5) is 0 Å². The monoisotopic (exact) mass is 171 g/mol. The molecule has 0 amide bonds. The van der Waals surface area contributed by atoms with Gasteiger partial charge in [0.05, 0.1) is 0 Å². The van der Waals surface area contributed by atoms with Crippen molar-refractivity contribution >= 4 is 11.7 Å². The van der Waals surface area contributed by atoms with Gasteiger partial charge in [-0.05, 0) is 0 Å². The highest BCUT2D eigenvalue weighted by molar-refractivity contribution is 6.35. The molecule has 1 aliphatic heterocycles. The Morgan fingerprint density at radius 3 is 2.50 bits per heavy atom. The van der Waals surface area contributed by atoms with Crippen LogP contribution in [0, 0.1) is 5.41 Å². The zero-order valence-corrected chi connectivity index (χ0v) is 7.50. The predicted molar refractivity (Wildman–Crippen MR) is 44.0 cm³/mol. The Morgan fingerprint density at radius 2 is 2.25 bits per heavy atom. The fraction of sp³-hybridized carbons (Fsp3) is 0.750. The van der Waals surface area contributed by atoms with E-state index >= 15 is 0 Å². The Labute approximate surface area is 71.2 Å². The number of aliphatic carboxylic acids is 1. The van der Waals surface area contributed by atoms with Crippen molar-refractivity contribution in [1.29, 1.82) is 0 Å². The molecular weight excluding hydrogens is 158 g/mol. The smallest absolute Gasteiger partial charge is 0.353 e. The van der Waals surface area contributed by atoms with E-state index in [1.165, 1.54) is 0 Å². The minimum Gasteiger partial charge on any atom is -0.477 e. The van der Waals surface area contributed by atoms with Gasteiger partial charge in [-0.1, -0.05) is 25.9 Å². The van der Waals surface area contributed by atoms with Gasteiger partial charge in [-0.25, -0.2) is 4.79 Å². The van der Waals surface area contributed by atoms with Gasteiger partial charge in [0, 0.05) is 11.8 Å². The van der Waals surface area contributed by atoms with Crippen LogP contribution in [0.15, 0.2) is 5.16 Å². The van der Waals surface area contributed by atoms with Gasteiger partial charge in [-0.2, -0.15) is 0 Å². The van der Waals surface area contributed by atoms with E-state index in [0.29, 0.717) is 6.42 Å². The van der Waals surface area contributed by atoms with E-state index in [4.69, 9.17) is 9.94 Å². The molecule has 1 N–H and O–H groups in total. The second kappa shape index (κ2) is 2.77. The summed E-state index contributed by atoms with van der Waals surface area (Å²) in [5, 5.41) is 12.1. The van der Waals surface area contributed by atoms with E-state index in [1.54, 1.807) is 0 Å². The molecule has 12 heavy (non-hydrogen) atoms. The average Bonchev–Trinajstić information content (AvgIpc) is 2.30. The summed E-state index contributed by atoms with van der Waals surface area (Å²) >= 11 is 0. The molecule has 0 aromatic carbocycles. The van der Waals surface area contributed by atoms with E-state index < -0.39 is 5.97 Å². The maximum Gasteiger partial charge on any atom is 0.353 e. The summed E-state index contributed by atoms with van der Waals surface area (Å²) in [5.74, 6) is -0.984. The summed E-state index contributed by atoms with van der Waals surface area (Å²) in [4.78, 5) is 15.5. The number of carbonyl (C=O) groups is 1. The van der Waals surface area contributed by atoms with Crippen LogP contribution in [0.1, 0.15) is 27.2 Å². The van der Waals surface area contributed by atoms with Crippen molar-refractivity contribution in [3.05, 3.63) is 0 Å². The minimum atomic E-state index is -0.984. The quantitative estimate of drug-likeness (QED) is 0.646. The third kappa shape index (κ3) is 1.75. The van der Waals surface area contributed by atoms with E-state index in [-0.39, 0.29) is 17.2 Å². The highest BCUT2D eigenvalue weighted by Crippen LogP contribution is 2.28. The van der Waals surface area contributed by atoms with Crippen molar-refractivity contribution in [2.24, 2.45) is 10.6 Å². The summed E-state index contributed by atoms with van der Waals surface area (Å²) in [6.07, 6.45) is 0.294. The molecule has 1 unspecified atom stereocenters. The maximum atomic E-state index is 10.5. The lowest BCUT2D eigenvalue weighted by atomic mass is 9.86. The lowest BCUT2D eigenvalue weighted by molar-refractivity contribution is -0.129. The van der Waals surface area contributed by atoms with Crippen LogP contribution in [-0.2, 0) is 9.63 Å². The SMILES string of the molecule is CC(C)(C)C1CC(C(=O)O)=NO1. The fourth-order valence-electron chi connectivity index (χ4n) is 0.968. The van der Waals surface area contributed by atoms with Crippen molar-refractivity contribution in [2.75, 3.05) is 0 Å². The predicted octanol–water partition coefficient (Wildman–Crippen LogP) is 1.26. The number of carboxylic acid groups (broad SMARTS) is 1. The van der Waals surface area contributed by atoms with E-state index in [1.807, 2.05) is 20.8 Å². The minimum absolute atomic E-state index is 0.0549. The average molecular weight is 171 g/mol. The van der Waals surface area contributed by atoms with Crippen LogP contribution in [0.2, 0.25) is 0 Å². The van der Waals surface area contributed by atoms with Crippen LogP contribution in [0.5, 0.6) is 0 Å². The van der Waals surface area contributed by atoms with E-state index in [2.05, 4.69) is 5.16 Å².